The van der Waals surface area contributed by atoms with Crippen LogP contribution in [0.15, 0.2) is 60.8 Å². The van der Waals surface area contributed by atoms with E-state index in [-0.39, 0.29) is 13.0 Å². The summed E-state index contributed by atoms with van der Waals surface area (Å²) in [7, 11) is -4.06. The molecule has 1 saturated carbocycles. The van der Waals surface area contributed by atoms with Crippen LogP contribution in [0.4, 0.5) is 4.79 Å². The predicted molar refractivity (Wildman–Crippen MR) is 151 cm³/mol. The molecule has 5 atom stereocenters. The molecule has 0 radical (unpaired) electrons. The smallest absolute Gasteiger partial charge is 0.408 e. The molecule has 0 bridgehead atoms. The van der Waals surface area contributed by atoms with Gasteiger partial charge in [0.05, 0.1) is 0 Å². The Labute approximate surface area is 233 Å². The molecule has 1 fully saturated rings. The Morgan fingerprint density at radius 1 is 1.07 bits per heavy atom. The van der Waals surface area contributed by atoms with Gasteiger partial charge in [0, 0.05) is 28.7 Å². The number of hydrogen-bond acceptors (Lipinski definition) is 5. The third kappa shape index (κ3) is 7.11. The molecule has 0 aliphatic heterocycles. The zero-order chi connectivity index (χ0) is 28.7. The number of para-hydroxylation sites is 1. The summed E-state index contributed by atoms with van der Waals surface area (Å²) in [5, 5.41) is 15.9. The molecule has 1 aromatic heterocycles. The summed E-state index contributed by atoms with van der Waals surface area (Å²) in [5.74, 6) is -3.66. The van der Waals surface area contributed by atoms with Crippen LogP contribution < -0.4 is 10.6 Å². The van der Waals surface area contributed by atoms with Crippen LogP contribution in [-0.2, 0) is 31.9 Å². The second-order valence-corrected chi connectivity index (χ2v) is 13.1. The van der Waals surface area contributed by atoms with Gasteiger partial charge in [0.2, 0.25) is 13.3 Å². The van der Waals surface area contributed by atoms with Crippen molar-refractivity contribution >= 4 is 36.2 Å². The number of carbonyl (C=O) groups excluding carboxylic acids is 2. The lowest BCUT2D eigenvalue weighted by Gasteiger charge is -2.29. The van der Waals surface area contributed by atoms with Crippen molar-refractivity contribution in [2.45, 2.75) is 69.5 Å². The van der Waals surface area contributed by atoms with Crippen molar-refractivity contribution < 1.29 is 33.7 Å². The summed E-state index contributed by atoms with van der Waals surface area (Å²) < 4.78 is 18.6. The van der Waals surface area contributed by atoms with Gasteiger partial charge in [0.15, 0.2) is 0 Å². The van der Waals surface area contributed by atoms with E-state index in [4.69, 9.17) is 4.74 Å². The summed E-state index contributed by atoms with van der Waals surface area (Å²) in [5.41, 5.74) is 1.97. The molecule has 2 amide bonds. The molecule has 1 aliphatic rings. The Hall–Kier alpha value is -3.62. The fourth-order valence-electron chi connectivity index (χ4n) is 5.38. The summed E-state index contributed by atoms with van der Waals surface area (Å²) in [4.78, 5) is 51.6. The number of aromatic nitrogens is 1. The zero-order valence-corrected chi connectivity index (χ0v) is 23.3. The van der Waals surface area contributed by atoms with E-state index in [0.29, 0.717) is 32.1 Å². The van der Waals surface area contributed by atoms with Gasteiger partial charge in [-0.3, -0.25) is 9.36 Å². The Morgan fingerprint density at radius 3 is 2.55 bits per heavy atom. The zero-order valence-electron chi connectivity index (χ0n) is 22.4. The Morgan fingerprint density at radius 2 is 1.80 bits per heavy atom. The number of carboxylic acid groups (broad SMARTS) is 1. The number of alkyl carbamates (subject to hydrolysis) is 1. The van der Waals surface area contributed by atoms with Crippen molar-refractivity contribution in [1.82, 2.24) is 15.6 Å². The Kier molecular flexibility index (Phi) is 9.66. The Balaban J connectivity index is 1.31. The molecule has 214 valence electrons. The van der Waals surface area contributed by atoms with Crippen LogP contribution in [0.5, 0.6) is 0 Å². The number of H-pyrrole nitrogens is 1. The number of ether oxygens (including phenoxy) is 1. The number of carbonyl (C=O) groups is 3. The summed E-state index contributed by atoms with van der Waals surface area (Å²) in [6.45, 7) is 1.43. The maximum atomic E-state index is 13.5. The van der Waals surface area contributed by atoms with E-state index < -0.39 is 48.7 Å². The third-order valence-electron chi connectivity index (χ3n) is 7.61. The first-order chi connectivity index (χ1) is 19.2. The average molecular weight is 570 g/mol. The molecule has 5 unspecified atom stereocenters. The van der Waals surface area contributed by atoms with Crippen LogP contribution in [0.3, 0.4) is 0 Å². The standard InChI is InChI=1S/C29H36N3O7P/c1-19(31-29(36)39-18-20-9-3-2-4-10-20)40(37,38)26-16-8-13-23(26)27(33)32-25(28(34)35)15-7-11-21-17-30-24-14-6-5-12-22(21)24/h2-6,9-10,12,14,17,19,23,25-26,30H,7-8,11,13,15-16,18H2,1H3,(H,31,36)(H,32,33)(H,34,35)(H,37,38). The van der Waals surface area contributed by atoms with Gasteiger partial charge >= 0.3 is 12.1 Å². The van der Waals surface area contributed by atoms with Crippen LogP contribution in [0.2, 0.25) is 0 Å². The molecule has 0 spiro atoms. The number of fused-ring (bicyclic) bond motifs is 1. The fraction of sp³-hybridized carbons (Fsp3) is 0.414. The second-order valence-electron chi connectivity index (χ2n) is 10.3. The first-order valence-corrected chi connectivity index (χ1v) is 15.3. The molecule has 11 heteroatoms. The summed E-state index contributed by atoms with van der Waals surface area (Å²) >= 11 is 0. The Bertz CT molecular complexity index is 1380. The number of nitrogens with one attached hydrogen (secondary N) is 3. The SMILES string of the molecule is CC(NC(=O)OCc1ccccc1)P(=O)(O)C1CCCC1C(=O)NC(CCCc1c[nH]c2ccccc12)C(=O)O. The maximum Gasteiger partial charge on any atom is 0.408 e. The van der Waals surface area contributed by atoms with Crippen LogP contribution in [0.25, 0.3) is 10.9 Å². The van der Waals surface area contributed by atoms with Crippen LogP contribution in [-0.4, -0.2) is 50.4 Å². The highest BCUT2D eigenvalue weighted by Crippen LogP contribution is 2.57. The number of hydrogen-bond donors (Lipinski definition) is 5. The van der Waals surface area contributed by atoms with Crippen molar-refractivity contribution in [3.05, 3.63) is 71.9 Å². The van der Waals surface area contributed by atoms with Crippen LogP contribution in [0, 0.1) is 5.92 Å². The average Bonchev–Trinajstić information content (AvgIpc) is 3.60. The van der Waals surface area contributed by atoms with Gasteiger partial charge in [-0.1, -0.05) is 55.0 Å². The van der Waals surface area contributed by atoms with Crippen molar-refractivity contribution in [3.8, 4) is 0 Å². The van der Waals surface area contributed by atoms with Crippen molar-refractivity contribution in [2.75, 3.05) is 0 Å². The first kappa shape index (κ1) is 29.4. The summed E-state index contributed by atoms with van der Waals surface area (Å²) in [6, 6.07) is 15.8. The van der Waals surface area contributed by atoms with Gasteiger partial charge in [0.1, 0.15) is 18.4 Å². The largest absolute Gasteiger partial charge is 0.480 e. The number of benzene rings is 2. The summed E-state index contributed by atoms with van der Waals surface area (Å²) in [6.07, 6.45) is 3.74. The van der Waals surface area contributed by atoms with E-state index in [1.165, 1.54) is 6.92 Å². The topological polar surface area (TPSA) is 158 Å². The number of amides is 2. The van der Waals surface area contributed by atoms with Gasteiger partial charge in [-0.15, -0.1) is 0 Å². The third-order valence-corrected chi connectivity index (χ3v) is 10.4. The van der Waals surface area contributed by atoms with Gasteiger partial charge < -0.3 is 30.4 Å². The monoisotopic (exact) mass is 569 g/mol. The quantitative estimate of drug-likeness (QED) is 0.197. The highest BCUT2D eigenvalue weighted by molar-refractivity contribution is 7.59. The van der Waals surface area contributed by atoms with E-state index in [2.05, 4.69) is 15.6 Å². The number of carboxylic acids is 1. The number of aryl methyl sites for hydroxylation is 1. The molecule has 5 N–H and O–H groups in total. The highest BCUT2D eigenvalue weighted by atomic mass is 31.2. The maximum absolute atomic E-state index is 13.5. The number of aromatic amines is 1. The lowest BCUT2D eigenvalue weighted by Crippen LogP contribution is -2.46. The lowest BCUT2D eigenvalue weighted by molar-refractivity contribution is -0.142. The normalized spacial score (nSPS) is 19.9. The van der Waals surface area contributed by atoms with E-state index in [1.807, 2.05) is 48.7 Å². The first-order valence-electron chi connectivity index (χ1n) is 13.5. The van der Waals surface area contributed by atoms with E-state index in [0.717, 1.165) is 22.0 Å². The van der Waals surface area contributed by atoms with Gasteiger partial charge in [-0.25, -0.2) is 9.59 Å². The predicted octanol–water partition coefficient (Wildman–Crippen LogP) is 4.77. The minimum Gasteiger partial charge on any atom is -0.480 e. The molecule has 40 heavy (non-hydrogen) atoms. The number of aliphatic carboxylic acids is 1. The second kappa shape index (κ2) is 13.2. The van der Waals surface area contributed by atoms with E-state index in [9.17, 15) is 28.9 Å². The van der Waals surface area contributed by atoms with Crippen molar-refractivity contribution in [1.29, 1.82) is 0 Å². The van der Waals surface area contributed by atoms with Crippen molar-refractivity contribution in [3.63, 3.8) is 0 Å². The molecular weight excluding hydrogens is 533 g/mol. The van der Waals surface area contributed by atoms with Crippen LogP contribution >= 0.6 is 7.37 Å². The molecule has 3 aromatic rings. The number of rotatable bonds is 12. The molecule has 10 nitrogen and oxygen atoms in total. The minimum absolute atomic E-state index is 0.0144. The molecule has 2 aromatic carbocycles. The minimum atomic E-state index is -4.06. The molecule has 1 heterocycles. The lowest BCUT2D eigenvalue weighted by atomic mass is 10.0. The van der Waals surface area contributed by atoms with Crippen molar-refractivity contribution in [2.24, 2.45) is 5.92 Å². The van der Waals surface area contributed by atoms with Gasteiger partial charge in [0.25, 0.3) is 0 Å². The molecular formula is C29H36N3O7P. The van der Waals surface area contributed by atoms with E-state index >= 15 is 0 Å². The van der Waals surface area contributed by atoms with E-state index in [1.54, 1.807) is 12.1 Å². The molecule has 4 rings (SSSR count). The van der Waals surface area contributed by atoms with Crippen LogP contribution in [0.1, 0.15) is 50.2 Å². The molecule has 1 aliphatic carbocycles. The highest BCUT2D eigenvalue weighted by Gasteiger charge is 2.47. The van der Waals surface area contributed by atoms with Gasteiger partial charge in [-0.05, 0) is 56.2 Å². The van der Waals surface area contributed by atoms with Gasteiger partial charge in [-0.2, -0.15) is 0 Å². The fourth-order valence-corrected chi connectivity index (χ4v) is 7.59. The molecule has 0 saturated heterocycles.